The monoisotopic (exact) mass is 620 g/mol. The van der Waals surface area contributed by atoms with E-state index in [4.69, 9.17) is 23.2 Å². The molecule has 0 saturated heterocycles. The van der Waals surface area contributed by atoms with E-state index in [1.54, 1.807) is 31.2 Å². The molecule has 0 saturated carbocycles. The summed E-state index contributed by atoms with van der Waals surface area (Å²) in [5, 5.41) is 14.8. The van der Waals surface area contributed by atoms with Gasteiger partial charge < -0.3 is 10.2 Å². The molecule has 0 aromatic heterocycles. The Morgan fingerprint density at radius 2 is 1.68 bits per heavy atom. The van der Waals surface area contributed by atoms with Gasteiger partial charge in [-0.25, -0.2) is 8.42 Å². The predicted octanol–water partition coefficient (Wildman–Crippen LogP) is 5.43. The maximum Gasteiger partial charge on any atom is 0.271 e. The SMILES string of the molecule is CCCNC(=O)C(CC)N(Cc1ccc(Cl)c(Cl)c1)C(=O)CN(c1cccc([N+](=O)[O-])c1)S(=O)(=O)c1ccccc1. The number of amides is 2. The molecule has 2 amide bonds. The molecule has 3 aromatic rings. The first kappa shape index (κ1) is 31.9. The molecule has 3 rings (SSSR count). The third kappa shape index (κ3) is 7.96. The molecule has 0 spiro atoms. The number of nitro groups is 1. The lowest BCUT2D eigenvalue weighted by Gasteiger charge is -2.33. The fourth-order valence-corrected chi connectivity index (χ4v) is 5.88. The van der Waals surface area contributed by atoms with Gasteiger partial charge in [-0.05, 0) is 48.7 Å². The zero-order chi connectivity index (χ0) is 30.2. The van der Waals surface area contributed by atoms with Crippen LogP contribution in [0.2, 0.25) is 10.0 Å². The Hall–Kier alpha value is -3.67. The standard InChI is InChI=1S/C28H30Cl2N4O6S/c1-3-15-31-28(36)26(4-2)32(18-20-13-14-24(29)25(30)16-20)27(35)19-33(21-9-8-10-22(17-21)34(37)38)41(39,40)23-11-6-5-7-12-23/h5-14,16-17,26H,3-4,15,18-19H2,1-2H3,(H,31,36). The van der Waals surface area contributed by atoms with Crippen LogP contribution in [0.25, 0.3) is 0 Å². The molecule has 0 radical (unpaired) electrons. The molecule has 0 aliphatic carbocycles. The summed E-state index contributed by atoms with van der Waals surface area (Å²) in [6, 6.07) is 16.3. The fraction of sp³-hybridized carbons (Fsp3) is 0.286. The highest BCUT2D eigenvalue weighted by Gasteiger charge is 2.34. The third-order valence-corrected chi connectivity index (χ3v) is 8.74. The van der Waals surface area contributed by atoms with Gasteiger partial charge >= 0.3 is 0 Å². The van der Waals surface area contributed by atoms with Gasteiger partial charge in [0.05, 0.1) is 25.6 Å². The van der Waals surface area contributed by atoms with Crippen LogP contribution in [0.15, 0.2) is 77.7 Å². The van der Waals surface area contributed by atoms with E-state index in [0.29, 0.717) is 23.6 Å². The first-order valence-electron chi connectivity index (χ1n) is 12.8. The number of anilines is 1. The second-order valence-electron chi connectivity index (χ2n) is 9.09. The van der Waals surface area contributed by atoms with Crippen LogP contribution in [0.1, 0.15) is 32.3 Å². The van der Waals surface area contributed by atoms with Gasteiger partial charge in [-0.15, -0.1) is 0 Å². The number of nitrogens with zero attached hydrogens (tertiary/aromatic N) is 3. The van der Waals surface area contributed by atoms with Crippen molar-refractivity contribution in [3.8, 4) is 0 Å². The van der Waals surface area contributed by atoms with Crippen molar-refractivity contribution >= 4 is 56.4 Å². The highest BCUT2D eigenvalue weighted by Crippen LogP contribution is 2.28. The summed E-state index contributed by atoms with van der Waals surface area (Å²) in [4.78, 5) is 39.1. The number of hydrogen-bond donors (Lipinski definition) is 1. The molecular weight excluding hydrogens is 591 g/mol. The Morgan fingerprint density at radius 1 is 0.976 bits per heavy atom. The fourth-order valence-electron chi connectivity index (χ4n) is 4.13. The van der Waals surface area contributed by atoms with Gasteiger partial charge in [0.2, 0.25) is 11.8 Å². The second-order valence-corrected chi connectivity index (χ2v) is 11.8. The molecule has 0 bridgehead atoms. The van der Waals surface area contributed by atoms with Crippen LogP contribution in [0, 0.1) is 10.1 Å². The normalized spacial score (nSPS) is 11.9. The molecule has 13 heteroatoms. The molecule has 41 heavy (non-hydrogen) atoms. The molecular formula is C28H30Cl2N4O6S. The maximum atomic E-state index is 14.0. The quantitative estimate of drug-likeness (QED) is 0.200. The number of hydrogen-bond acceptors (Lipinski definition) is 6. The van der Waals surface area contributed by atoms with E-state index in [1.807, 2.05) is 6.92 Å². The van der Waals surface area contributed by atoms with Crippen molar-refractivity contribution in [3.05, 3.63) is 98.5 Å². The van der Waals surface area contributed by atoms with Crippen molar-refractivity contribution in [3.63, 3.8) is 0 Å². The Bertz CT molecular complexity index is 1500. The minimum Gasteiger partial charge on any atom is -0.354 e. The molecule has 3 aromatic carbocycles. The lowest BCUT2D eigenvalue weighted by molar-refractivity contribution is -0.384. The van der Waals surface area contributed by atoms with Crippen LogP contribution in [0.5, 0.6) is 0 Å². The number of carbonyl (C=O) groups excluding carboxylic acids is 2. The zero-order valence-electron chi connectivity index (χ0n) is 22.5. The number of non-ortho nitro benzene ring substituents is 1. The van der Waals surface area contributed by atoms with Crippen LogP contribution in [-0.4, -0.2) is 49.2 Å². The Balaban J connectivity index is 2.09. The Morgan fingerprint density at radius 3 is 2.29 bits per heavy atom. The number of sulfonamides is 1. The molecule has 0 heterocycles. The van der Waals surface area contributed by atoms with Gasteiger partial charge in [0.15, 0.2) is 0 Å². The van der Waals surface area contributed by atoms with Crippen LogP contribution < -0.4 is 9.62 Å². The van der Waals surface area contributed by atoms with Crippen molar-refractivity contribution in [2.45, 2.75) is 44.2 Å². The van der Waals surface area contributed by atoms with Crippen LogP contribution >= 0.6 is 23.2 Å². The lowest BCUT2D eigenvalue weighted by Crippen LogP contribution is -2.52. The maximum absolute atomic E-state index is 14.0. The molecule has 0 aliphatic rings. The molecule has 10 nitrogen and oxygen atoms in total. The van der Waals surface area contributed by atoms with E-state index < -0.39 is 39.3 Å². The lowest BCUT2D eigenvalue weighted by atomic mass is 10.1. The van der Waals surface area contributed by atoms with Crippen LogP contribution in [0.3, 0.4) is 0 Å². The number of halogens is 2. The molecule has 218 valence electrons. The van der Waals surface area contributed by atoms with Crippen LogP contribution in [-0.2, 0) is 26.2 Å². The van der Waals surface area contributed by atoms with E-state index in [-0.39, 0.29) is 34.3 Å². The van der Waals surface area contributed by atoms with Crippen LogP contribution in [0.4, 0.5) is 11.4 Å². The Labute approximate surface area is 249 Å². The number of carbonyl (C=O) groups is 2. The summed E-state index contributed by atoms with van der Waals surface area (Å²) in [7, 11) is -4.35. The third-order valence-electron chi connectivity index (χ3n) is 6.21. The molecule has 0 aliphatic heterocycles. The minimum absolute atomic E-state index is 0.0675. The van der Waals surface area contributed by atoms with Crippen molar-refractivity contribution < 1.29 is 22.9 Å². The van der Waals surface area contributed by atoms with Gasteiger partial charge in [0.25, 0.3) is 15.7 Å². The largest absolute Gasteiger partial charge is 0.354 e. The molecule has 0 fully saturated rings. The van der Waals surface area contributed by atoms with E-state index in [2.05, 4.69) is 5.32 Å². The van der Waals surface area contributed by atoms with Gasteiger partial charge in [0.1, 0.15) is 12.6 Å². The summed E-state index contributed by atoms with van der Waals surface area (Å²) >= 11 is 12.3. The number of nitro benzene ring substituents is 1. The molecule has 1 unspecified atom stereocenters. The van der Waals surface area contributed by atoms with Crippen molar-refractivity contribution in [2.24, 2.45) is 0 Å². The van der Waals surface area contributed by atoms with Gasteiger partial charge in [-0.3, -0.25) is 24.0 Å². The second kappa shape index (κ2) is 14.3. The average Bonchev–Trinajstić information content (AvgIpc) is 2.96. The summed E-state index contributed by atoms with van der Waals surface area (Å²) < 4.78 is 28.4. The Kier molecular flexibility index (Phi) is 11.1. The first-order valence-corrected chi connectivity index (χ1v) is 15.0. The minimum atomic E-state index is -4.35. The van der Waals surface area contributed by atoms with Crippen molar-refractivity contribution in [1.82, 2.24) is 10.2 Å². The summed E-state index contributed by atoms with van der Waals surface area (Å²) in [6.07, 6.45) is 0.920. The van der Waals surface area contributed by atoms with E-state index >= 15 is 0 Å². The van der Waals surface area contributed by atoms with Crippen molar-refractivity contribution in [1.29, 1.82) is 0 Å². The topological polar surface area (TPSA) is 130 Å². The summed E-state index contributed by atoms with van der Waals surface area (Å²) in [5.74, 6) is -1.09. The van der Waals surface area contributed by atoms with Gasteiger partial charge in [-0.2, -0.15) is 0 Å². The smallest absolute Gasteiger partial charge is 0.271 e. The molecule has 1 N–H and O–H groups in total. The zero-order valence-corrected chi connectivity index (χ0v) is 24.8. The number of rotatable bonds is 13. The number of benzene rings is 3. The van der Waals surface area contributed by atoms with Crippen molar-refractivity contribution in [2.75, 3.05) is 17.4 Å². The van der Waals surface area contributed by atoms with E-state index in [1.165, 1.54) is 47.4 Å². The average molecular weight is 622 g/mol. The summed E-state index contributed by atoms with van der Waals surface area (Å²) in [6.45, 7) is 3.24. The van der Waals surface area contributed by atoms with E-state index in [9.17, 15) is 28.1 Å². The van der Waals surface area contributed by atoms with Gasteiger partial charge in [-0.1, -0.05) is 67.4 Å². The number of nitrogens with one attached hydrogen (secondary N) is 1. The highest BCUT2D eigenvalue weighted by atomic mass is 35.5. The first-order chi connectivity index (χ1) is 19.5. The highest BCUT2D eigenvalue weighted by molar-refractivity contribution is 7.92. The van der Waals surface area contributed by atoms with E-state index in [0.717, 1.165) is 10.4 Å². The van der Waals surface area contributed by atoms with Gasteiger partial charge in [0, 0.05) is 25.2 Å². The summed E-state index contributed by atoms with van der Waals surface area (Å²) in [5.41, 5.74) is 0.151. The molecule has 1 atom stereocenters. The predicted molar refractivity (Wildman–Crippen MR) is 158 cm³/mol.